The zero-order valence-corrected chi connectivity index (χ0v) is 11.4. The lowest BCUT2D eigenvalue weighted by Crippen LogP contribution is -2.41. The zero-order chi connectivity index (χ0) is 13.0. The van der Waals surface area contributed by atoms with Crippen molar-refractivity contribution in [2.45, 2.75) is 39.0 Å². The van der Waals surface area contributed by atoms with E-state index in [4.69, 9.17) is 0 Å². The van der Waals surface area contributed by atoms with Crippen LogP contribution in [0.25, 0.3) is 0 Å². The normalized spacial score (nSPS) is 21.7. The van der Waals surface area contributed by atoms with Crippen LogP contribution in [0.5, 0.6) is 0 Å². The first-order chi connectivity index (χ1) is 8.72. The van der Waals surface area contributed by atoms with E-state index in [1.165, 1.54) is 6.42 Å². The molecule has 0 unspecified atom stereocenters. The number of hydrogen-bond donors (Lipinski definition) is 0. The smallest absolute Gasteiger partial charge is 0.230 e. The van der Waals surface area contributed by atoms with Gasteiger partial charge in [-0.3, -0.25) is 4.79 Å². The van der Waals surface area contributed by atoms with Gasteiger partial charge in [0, 0.05) is 13.1 Å². The molecule has 1 aliphatic rings. The van der Waals surface area contributed by atoms with Crippen molar-refractivity contribution in [1.29, 1.82) is 0 Å². The minimum Gasteiger partial charge on any atom is -0.342 e. The molecule has 2 nitrogen and oxygen atoms in total. The van der Waals surface area contributed by atoms with Crippen LogP contribution >= 0.6 is 0 Å². The summed E-state index contributed by atoms with van der Waals surface area (Å²) in [5, 5.41) is 0. The highest BCUT2D eigenvalue weighted by Crippen LogP contribution is 2.25. The number of amides is 1. The maximum atomic E-state index is 12.6. The van der Waals surface area contributed by atoms with Gasteiger partial charge in [0.15, 0.2) is 0 Å². The number of piperidine rings is 1. The molecule has 2 atom stereocenters. The van der Waals surface area contributed by atoms with Gasteiger partial charge in [-0.1, -0.05) is 44.2 Å². The van der Waals surface area contributed by atoms with Gasteiger partial charge in [-0.25, -0.2) is 0 Å². The van der Waals surface area contributed by atoms with Crippen LogP contribution in [0.1, 0.15) is 44.6 Å². The number of rotatable bonds is 3. The zero-order valence-electron chi connectivity index (χ0n) is 11.4. The fourth-order valence-electron chi connectivity index (χ4n) is 2.85. The summed E-state index contributed by atoms with van der Waals surface area (Å²) in [5.74, 6) is 1.00. The maximum absolute atomic E-state index is 12.6. The molecule has 1 aromatic carbocycles. The SMILES string of the molecule is CC[C@@H](C(=O)N1CCC[C@H](C)C1)c1ccccc1. The molecule has 0 saturated carbocycles. The topological polar surface area (TPSA) is 20.3 Å². The highest BCUT2D eigenvalue weighted by molar-refractivity contribution is 5.83. The molecule has 1 saturated heterocycles. The molecule has 2 heteroatoms. The Balaban J connectivity index is 2.10. The van der Waals surface area contributed by atoms with Crippen molar-refractivity contribution in [1.82, 2.24) is 4.90 Å². The highest BCUT2D eigenvalue weighted by Gasteiger charge is 2.27. The number of carbonyl (C=O) groups excluding carboxylic acids is 1. The summed E-state index contributed by atoms with van der Waals surface area (Å²) >= 11 is 0. The van der Waals surface area contributed by atoms with E-state index in [0.29, 0.717) is 11.8 Å². The van der Waals surface area contributed by atoms with Crippen molar-refractivity contribution in [2.24, 2.45) is 5.92 Å². The van der Waals surface area contributed by atoms with Gasteiger partial charge in [-0.15, -0.1) is 0 Å². The van der Waals surface area contributed by atoms with Crippen LogP contribution in [0.3, 0.4) is 0 Å². The van der Waals surface area contributed by atoms with E-state index in [1.807, 2.05) is 18.2 Å². The van der Waals surface area contributed by atoms with Crippen LogP contribution in [0.2, 0.25) is 0 Å². The number of carbonyl (C=O) groups is 1. The lowest BCUT2D eigenvalue weighted by atomic mass is 9.92. The van der Waals surface area contributed by atoms with Crippen molar-refractivity contribution >= 4 is 5.91 Å². The lowest BCUT2D eigenvalue weighted by Gasteiger charge is -2.33. The predicted octanol–water partition coefficient (Wildman–Crippen LogP) is 3.44. The maximum Gasteiger partial charge on any atom is 0.230 e. The first kappa shape index (κ1) is 13.1. The largest absolute Gasteiger partial charge is 0.342 e. The molecule has 2 rings (SSSR count). The predicted molar refractivity (Wildman–Crippen MR) is 74.5 cm³/mol. The molecule has 1 fully saturated rings. The lowest BCUT2D eigenvalue weighted by molar-refractivity contribution is -0.134. The van der Waals surface area contributed by atoms with Gasteiger partial charge in [0.25, 0.3) is 0 Å². The third-order valence-corrected chi connectivity index (χ3v) is 3.88. The Labute approximate surface area is 110 Å². The molecule has 98 valence electrons. The van der Waals surface area contributed by atoms with Gasteiger partial charge in [0.1, 0.15) is 0 Å². The highest BCUT2D eigenvalue weighted by atomic mass is 16.2. The molecule has 0 N–H and O–H groups in total. The minimum absolute atomic E-state index is 0.0384. The van der Waals surface area contributed by atoms with Crippen LogP contribution < -0.4 is 0 Å². The molecule has 1 amide bonds. The van der Waals surface area contributed by atoms with Gasteiger partial charge in [-0.05, 0) is 30.7 Å². The molecular formula is C16H23NO. The Morgan fingerprint density at radius 1 is 1.39 bits per heavy atom. The molecule has 1 aromatic rings. The first-order valence-corrected chi connectivity index (χ1v) is 7.06. The van der Waals surface area contributed by atoms with E-state index in [9.17, 15) is 4.79 Å². The first-order valence-electron chi connectivity index (χ1n) is 7.06. The molecule has 0 aromatic heterocycles. The van der Waals surface area contributed by atoms with Gasteiger partial charge < -0.3 is 4.90 Å². The van der Waals surface area contributed by atoms with E-state index in [2.05, 4.69) is 30.9 Å². The van der Waals surface area contributed by atoms with Crippen LogP contribution in [0.15, 0.2) is 30.3 Å². The van der Waals surface area contributed by atoms with E-state index in [1.54, 1.807) is 0 Å². The molecule has 18 heavy (non-hydrogen) atoms. The van der Waals surface area contributed by atoms with E-state index in [0.717, 1.165) is 31.5 Å². The summed E-state index contributed by atoms with van der Waals surface area (Å²) in [6.45, 7) is 6.21. The molecule has 0 aliphatic carbocycles. The molecular weight excluding hydrogens is 222 g/mol. The van der Waals surface area contributed by atoms with Crippen molar-refractivity contribution in [3.8, 4) is 0 Å². The Bertz CT molecular complexity index is 387. The second-order valence-corrected chi connectivity index (χ2v) is 5.40. The van der Waals surface area contributed by atoms with Crippen LogP contribution in [-0.2, 0) is 4.79 Å². The van der Waals surface area contributed by atoms with E-state index in [-0.39, 0.29) is 5.92 Å². The van der Waals surface area contributed by atoms with Crippen LogP contribution in [-0.4, -0.2) is 23.9 Å². The molecule has 0 spiro atoms. The average Bonchev–Trinajstić information content (AvgIpc) is 2.41. The third kappa shape index (κ3) is 2.92. The van der Waals surface area contributed by atoms with Gasteiger partial charge in [0.05, 0.1) is 5.92 Å². The minimum atomic E-state index is 0.0384. The quantitative estimate of drug-likeness (QED) is 0.799. The van der Waals surface area contributed by atoms with Crippen LogP contribution in [0, 0.1) is 5.92 Å². The van der Waals surface area contributed by atoms with Crippen LogP contribution in [0.4, 0.5) is 0 Å². The second kappa shape index (κ2) is 6.03. The van der Waals surface area contributed by atoms with Gasteiger partial charge >= 0.3 is 0 Å². The fraction of sp³-hybridized carbons (Fsp3) is 0.562. The standard InChI is InChI=1S/C16H23NO/c1-3-15(14-9-5-4-6-10-14)16(18)17-11-7-8-13(2)12-17/h4-6,9-10,13,15H,3,7-8,11-12H2,1-2H3/t13-,15+/m0/s1. The summed E-state index contributed by atoms with van der Waals surface area (Å²) in [5.41, 5.74) is 1.16. The van der Waals surface area contributed by atoms with Crippen molar-refractivity contribution in [2.75, 3.05) is 13.1 Å². The Hall–Kier alpha value is -1.31. The summed E-state index contributed by atoms with van der Waals surface area (Å²) in [6, 6.07) is 10.2. The van der Waals surface area contributed by atoms with Crippen molar-refractivity contribution in [3.63, 3.8) is 0 Å². The molecule has 0 bridgehead atoms. The summed E-state index contributed by atoms with van der Waals surface area (Å²) < 4.78 is 0. The molecule has 1 aliphatic heterocycles. The van der Waals surface area contributed by atoms with Crippen molar-refractivity contribution in [3.05, 3.63) is 35.9 Å². The fourth-order valence-corrected chi connectivity index (χ4v) is 2.85. The second-order valence-electron chi connectivity index (χ2n) is 5.40. The number of nitrogens with zero attached hydrogens (tertiary/aromatic N) is 1. The Kier molecular flexibility index (Phi) is 4.40. The Morgan fingerprint density at radius 3 is 2.72 bits per heavy atom. The molecule has 1 heterocycles. The molecule has 0 radical (unpaired) electrons. The number of hydrogen-bond acceptors (Lipinski definition) is 1. The summed E-state index contributed by atoms with van der Waals surface area (Å²) in [6.07, 6.45) is 3.29. The van der Waals surface area contributed by atoms with Gasteiger partial charge in [-0.2, -0.15) is 0 Å². The Morgan fingerprint density at radius 2 is 2.11 bits per heavy atom. The summed E-state index contributed by atoms with van der Waals surface area (Å²) in [7, 11) is 0. The average molecular weight is 245 g/mol. The monoisotopic (exact) mass is 245 g/mol. The van der Waals surface area contributed by atoms with Gasteiger partial charge in [0.2, 0.25) is 5.91 Å². The van der Waals surface area contributed by atoms with E-state index >= 15 is 0 Å². The number of likely N-dealkylation sites (tertiary alicyclic amines) is 1. The number of benzene rings is 1. The third-order valence-electron chi connectivity index (χ3n) is 3.88. The van der Waals surface area contributed by atoms with Crippen molar-refractivity contribution < 1.29 is 4.79 Å². The summed E-state index contributed by atoms with van der Waals surface area (Å²) in [4.78, 5) is 14.7. The van der Waals surface area contributed by atoms with E-state index < -0.39 is 0 Å².